The van der Waals surface area contributed by atoms with Crippen molar-refractivity contribution in [1.82, 2.24) is 9.97 Å². The molecule has 5 nitrogen and oxygen atoms in total. The van der Waals surface area contributed by atoms with Gasteiger partial charge in [-0.15, -0.1) is 0 Å². The number of nitrogen functional groups attached to an aromatic ring is 1. The van der Waals surface area contributed by atoms with Crippen LogP contribution in [-0.4, -0.2) is 29.6 Å². The molecule has 0 unspecified atom stereocenters. The molecule has 110 valence electrons. The lowest BCUT2D eigenvalue weighted by molar-refractivity contribution is 0.412. The van der Waals surface area contributed by atoms with Crippen LogP contribution in [0.4, 0.5) is 11.4 Å². The summed E-state index contributed by atoms with van der Waals surface area (Å²) in [5, 5.41) is 0. The zero-order valence-corrected chi connectivity index (χ0v) is 12.0. The summed E-state index contributed by atoms with van der Waals surface area (Å²) in [7, 11) is 0. The molecular formula is C16H21N5. The fourth-order valence-electron chi connectivity index (χ4n) is 2.68. The summed E-state index contributed by atoms with van der Waals surface area (Å²) in [6.07, 6.45) is 7.62. The Kier molecular flexibility index (Phi) is 3.81. The number of nitrogens with zero attached hydrogens (tertiary/aromatic N) is 3. The minimum absolute atomic E-state index is 0.324. The third-order valence-corrected chi connectivity index (χ3v) is 3.95. The number of aromatic nitrogens is 2. The average molecular weight is 284 g/mol. The van der Waals surface area contributed by atoms with Crippen molar-refractivity contribution in [2.75, 3.05) is 30.3 Å². The first-order valence-corrected chi connectivity index (χ1v) is 7.33. The first-order chi connectivity index (χ1) is 10.7. The summed E-state index contributed by atoms with van der Waals surface area (Å²) < 4.78 is 7.69. The van der Waals surface area contributed by atoms with E-state index in [1.807, 2.05) is 12.4 Å². The highest BCUT2D eigenvalue weighted by molar-refractivity contribution is 5.44. The van der Waals surface area contributed by atoms with Gasteiger partial charge in [-0.2, -0.15) is 0 Å². The molecule has 0 bridgehead atoms. The van der Waals surface area contributed by atoms with E-state index in [1.165, 1.54) is 5.69 Å². The lowest BCUT2D eigenvalue weighted by Gasteiger charge is -2.32. The second kappa shape index (κ2) is 6.43. The van der Waals surface area contributed by atoms with Crippen LogP contribution in [0.1, 0.15) is 14.2 Å². The molecule has 0 aromatic carbocycles. The van der Waals surface area contributed by atoms with Crippen molar-refractivity contribution in [2.24, 2.45) is 10.9 Å². The van der Waals surface area contributed by atoms with E-state index in [0.29, 0.717) is 23.1 Å². The SMILES string of the molecule is [2H]c1cc[nH]c(=NCC2CCN(c3ccncc3)CC2)c1N. The van der Waals surface area contributed by atoms with Gasteiger partial charge in [0.1, 0.15) is 5.49 Å². The van der Waals surface area contributed by atoms with Gasteiger partial charge in [-0.3, -0.25) is 9.98 Å². The molecule has 1 aliphatic rings. The number of aromatic amines is 1. The molecule has 0 amide bonds. The van der Waals surface area contributed by atoms with Gasteiger partial charge in [0.05, 0.1) is 7.06 Å². The predicted molar refractivity (Wildman–Crippen MR) is 84.8 cm³/mol. The van der Waals surface area contributed by atoms with Crippen LogP contribution in [0.25, 0.3) is 0 Å². The van der Waals surface area contributed by atoms with E-state index in [1.54, 1.807) is 12.3 Å². The maximum absolute atomic E-state index is 7.69. The summed E-state index contributed by atoms with van der Waals surface area (Å²) in [6, 6.07) is 6.08. The molecule has 0 spiro atoms. The summed E-state index contributed by atoms with van der Waals surface area (Å²) in [4.78, 5) is 14.0. The van der Waals surface area contributed by atoms with Crippen LogP contribution in [0.2, 0.25) is 0 Å². The molecule has 2 aromatic rings. The number of nitrogens with one attached hydrogen (secondary N) is 1. The highest BCUT2D eigenvalue weighted by Crippen LogP contribution is 2.22. The van der Waals surface area contributed by atoms with E-state index in [4.69, 9.17) is 7.10 Å². The van der Waals surface area contributed by atoms with Crippen LogP contribution in [0, 0.1) is 5.92 Å². The fourth-order valence-corrected chi connectivity index (χ4v) is 2.68. The number of nitrogens with two attached hydrogens (primary N) is 1. The molecule has 3 heterocycles. The molecule has 1 saturated heterocycles. The maximum atomic E-state index is 7.69. The van der Waals surface area contributed by atoms with Gasteiger partial charge in [-0.05, 0) is 43.0 Å². The molecule has 3 rings (SSSR count). The zero-order chi connectivity index (χ0) is 15.4. The van der Waals surface area contributed by atoms with Gasteiger partial charge in [0, 0.05) is 43.9 Å². The molecule has 21 heavy (non-hydrogen) atoms. The number of rotatable bonds is 3. The van der Waals surface area contributed by atoms with Gasteiger partial charge < -0.3 is 15.6 Å². The molecule has 1 fully saturated rings. The van der Waals surface area contributed by atoms with Gasteiger partial charge >= 0.3 is 0 Å². The molecule has 1 aliphatic heterocycles. The smallest absolute Gasteiger partial charge is 0.148 e. The summed E-state index contributed by atoms with van der Waals surface area (Å²) >= 11 is 0. The average Bonchev–Trinajstić information content (AvgIpc) is 2.57. The topological polar surface area (TPSA) is 70.3 Å². The van der Waals surface area contributed by atoms with Gasteiger partial charge in [-0.1, -0.05) is 0 Å². The van der Waals surface area contributed by atoms with Crippen LogP contribution < -0.4 is 16.1 Å². The van der Waals surface area contributed by atoms with E-state index in [-0.39, 0.29) is 0 Å². The molecule has 0 aliphatic carbocycles. The first kappa shape index (κ1) is 12.4. The van der Waals surface area contributed by atoms with Crippen molar-refractivity contribution in [3.05, 3.63) is 48.3 Å². The molecule has 5 heteroatoms. The third kappa shape index (κ3) is 3.42. The summed E-state index contributed by atoms with van der Waals surface area (Å²) in [5.74, 6) is 0.570. The van der Waals surface area contributed by atoms with E-state index >= 15 is 0 Å². The number of hydrogen-bond acceptors (Lipinski definition) is 4. The minimum Gasteiger partial charge on any atom is -0.396 e. The molecule has 0 saturated carbocycles. The lowest BCUT2D eigenvalue weighted by Crippen LogP contribution is -2.34. The standard InChI is InChI=1S/C16H21N5/c17-15-2-1-7-19-16(15)20-12-13-5-10-21(11-6-13)14-3-8-18-9-4-14/h1-4,7-9,13H,5-6,10-12,17H2,(H,19,20)/i2D. The third-order valence-electron chi connectivity index (χ3n) is 3.95. The summed E-state index contributed by atoms with van der Waals surface area (Å²) in [5.41, 5.74) is 8.17. The monoisotopic (exact) mass is 284 g/mol. The van der Waals surface area contributed by atoms with Crippen LogP contribution in [0.15, 0.2) is 47.8 Å². The number of hydrogen-bond donors (Lipinski definition) is 2. The zero-order valence-electron chi connectivity index (χ0n) is 13.0. The Morgan fingerprint density at radius 3 is 2.90 bits per heavy atom. The Labute approximate surface area is 126 Å². The second-order valence-corrected chi connectivity index (χ2v) is 5.36. The molecular weight excluding hydrogens is 262 g/mol. The summed E-state index contributed by atoms with van der Waals surface area (Å²) in [6.45, 7) is 2.85. The first-order valence-electron chi connectivity index (χ1n) is 7.83. The highest BCUT2D eigenvalue weighted by atomic mass is 15.1. The number of piperidine rings is 1. The Morgan fingerprint density at radius 2 is 2.14 bits per heavy atom. The predicted octanol–water partition coefficient (Wildman–Crippen LogP) is 1.81. The number of pyridine rings is 2. The molecule has 2 aromatic heterocycles. The number of H-pyrrole nitrogens is 1. The van der Waals surface area contributed by atoms with Crippen LogP contribution in [0.3, 0.4) is 0 Å². The van der Waals surface area contributed by atoms with Crippen molar-refractivity contribution in [3.63, 3.8) is 0 Å². The van der Waals surface area contributed by atoms with Gasteiger partial charge in [0.25, 0.3) is 0 Å². The van der Waals surface area contributed by atoms with Crippen LogP contribution >= 0.6 is 0 Å². The van der Waals surface area contributed by atoms with Crippen molar-refractivity contribution >= 4 is 11.4 Å². The van der Waals surface area contributed by atoms with E-state index in [9.17, 15) is 0 Å². The van der Waals surface area contributed by atoms with Crippen molar-refractivity contribution in [3.8, 4) is 0 Å². The van der Waals surface area contributed by atoms with Crippen molar-refractivity contribution < 1.29 is 1.37 Å². The molecule has 0 atom stereocenters. The maximum Gasteiger partial charge on any atom is 0.148 e. The molecule has 0 radical (unpaired) electrons. The largest absolute Gasteiger partial charge is 0.396 e. The quantitative estimate of drug-likeness (QED) is 0.903. The Balaban J connectivity index is 1.59. The minimum atomic E-state index is 0.324. The Hall–Kier alpha value is -2.30. The fraction of sp³-hybridized carbons (Fsp3) is 0.375. The van der Waals surface area contributed by atoms with Gasteiger partial charge in [0.2, 0.25) is 0 Å². The lowest BCUT2D eigenvalue weighted by atomic mass is 9.96. The van der Waals surface area contributed by atoms with Gasteiger partial charge in [0.15, 0.2) is 0 Å². The Morgan fingerprint density at radius 1 is 1.38 bits per heavy atom. The van der Waals surface area contributed by atoms with Crippen molar-refractivity contribution in [1.29, 1.82) is 0 Å². The van der Waals surface area contributed by atoms with Gasteiger partial charge in [-0.25, -0.2) is 0 Å². The van der Waals surface area contributed by atoms with E-state index in [2.05, 4.69) is 32.0 Å². The van der Waals surface area contributed by atoms with Crippen LogP contribution in [-0.2, 0) is 0 Å². The van der Waals surface area contributed by atoms with Crippen molar-refractivity contribution in [2.45, 2.75) is 12.8 Å². The van der Waals surface area contributed by atoms with Crippen LogP contribution in [0.5, 0.6) is 0 Å². The van der Waals surface area contributed by atoms with E-state index in [0.717, 1.165) is 32.5 Å². The highest BCUT2D eigenvalue weighted by Gasteiger charge is 2.18. The number of anilines is 2. The Bertz CT molecular complexity index is 674. The second-order valence-electron chi connectivity index (χ2n) is 5.36. The van der Waals surface area contributed by atoms with E-state index < -0.39 is 0 Å². The normalized spacial score (nSPS) is 17.8. The molecule has 3 N–H and O–H groups in total.